The van der Waals surface area contributed by atoms with Crippen molar-refractivity contribution in [1.82, 2.24) is 29.1 Å². The number of fused-ring (bicyclic) bond motifs is 26. The van der Waals surface area contributed by atoms with Crippen molar-refractivity contribution in [2.24, 2.45) is 0 Å². The molecule has 8 heteroatoms. The highest BCUT2D eigenvalue weighted by Gasteiger charge is 2.28. The van der Waals surface area contributed by atoms with Crippen LogP contribution in [0.4, 0.5) is 0 Å². The van der Waals surface area contributed by atoms with Gasteiger partial charge in [-0.05, 0) is 85.9 Å². The summed E-state index contributed by atoms with van der Waals surface area (Å²) in [7, 11) is 0. The normalized spacial score (nSPS) is 12.3. The van der Waals surface area contributed by atoms with Gasteiger partial charge in [0.15, 0.2) is 5.58 Å². The van der Waals surface area contributed by atoms with E-state index in [4.69, 9.17) is 24.4 Å². The molecule has 406 valence electrons. The average molecular weight is 1140 g/mol. The summed E-state index contributed by atoms with van der Waals surface area (Å²) in [5.74, 6) is 1.21. The summed E-state index contributed by atoms with van der Waals surface area (Å²) in [6.07, 6.45) is 0. The summed E-state index contributed by atoms with van der Waals surface area (Å²) in [4.78, 5) is 22.6. The fourth-order valence-electron chi connectivity index (χ4n) is 14.8. The fraction of sp³-hybridized carbons (Fsp3) is 0. The Labute approximate surface area is 504 Å². The Balaban J connectivity index is 0.855. The Morgan fingerprint density at radius 2 is 0.818 bits per heavy atom. The van der Waals surface area contributed by atoms with Crippen LogP contribution in [0.15, 0.2) is 271 Å². The van der Waals surface area contributed by atoms with Gasteiger partial charge in [0.25, 0.3) is 0 Å². The third kappa shape index (κ3) is 6.55. The van der Waals surface area contributed by atoms with Crippen molar-refractivity contribution in [3.8, 4) is 45.5 Å². The molecule has 20 rings (SSSR count). The molecule has 88 heavy (non-hydrogen) atoms. The van der Waals surface area contributed by atoms with Crippen LogP contribution >= 0.6 is 11.3 Å². The second-order valence-corrected chi connectivity index (χ2v) is 24.1. The van der Waals surface area contributed by atoms with E-state index in [1.165, 1.54) is 41.7 Å². The van der Waals surface area contributed by atoms with E-state index in [9.17, 15) is 0 Å². The molecule has 0 fully saturated rings. The van der Waals surface area contributed by atoms with Crippen LogP contribution in [0.2, 0.25) is 0 Å². The SMILES string of the molecule is c1ccc(-c2nc(-n3c4ccccc4c4c5ccc(-c6cccc7c6ccc6c(-c8ccccc8)nc(-n8c9ccccc9c9c%10ccccc%10c%10c%11ccccc%11sc%10c98)nc67)cc5c5c6ccccc6oc5c43)nc3c2ccc2ccccc23)cc1. The number of hydrogen-bond acceptors (Lipinski definition) is 6. The molecule has 0 bridgehead atoms. The molecular weight excluding hydrogens is 1090 g/mol. The molecule has 0 atom stereocenters. The molecule has 0 aliphatic rings. The smallest absolute Gasteiger partial charge is 0.235 e. The molecule has 6 aromatic heterocycles. The van der Waals surface area contributed by atoms with Crippen molar-refractivity contribution in [3.63, 3.8) is 0 Å². The highest BCUT2D eigenvalue weighted by atomic mass is 32.1. The first-order chi connectivity index (χ1) is 43.7. The van der Waals surface area contributed by atoms with E-state index in [-0.39, 0.29) is 0 Å². The number of thiophene rings is 1. The zero-order valence-electron chi connectivity index (χ0n) is 46.9. The minimum atomic E-state index is 0.581. The van der Waals surface area contributed by atoms with Gasteiger partial charge in [-0.15, -0.1) is 11.3 Å². The minimum absolute atomic E-state index is 0.581. The van der Waals surface area contributed by atoms with Crippen LogP contribution in [0.5, 0.6) is 0 Å². The lowest BCUT2D eigenvalue weighted by Crippen LogP contribution is -2.04. The number of benzene rings is 14. The molecule has 0 unspecified atom stereocenters. The van der Waals surface area contributed by atoms with Gasteiger partial charge >= 0.3 is 0 Å². The minimum Gasteiger partial charge on any atom is -0.454 e. The number of para-hydroxylation sites is 3. The van der Waals surface area contributed by atoms with Crippen molar-refractivity contribution >= 4 is 162 Å². The van der Waals surface area contributed by atoms with Crippen LogP contribution in [-0.4, -0.2) is 29.1 Å². The summed E-state index contributed by atoms with van der Waals surface area (Å²) >= 11 is 1.85. The lowest BCUT2D eigenvalue weighted by molar-refractivity contribution is 0.671. The van der Waals surface area contributed by atoms with Crippen molar-refractivity contribution in [1.29, 1.82) is 0 Å². The Kier molecular flexibility index (Phi) is 9.75. The number of furan rings is 1. The monoisotopic (exact) mass is 1140 g/mol. The third-order valence-electron chi connectivity index (χ3n) is 18.5. The summed E-state index contributed by atoms with van der Waals surface area (Å²) in [5, 5.41) is 20.2. The Bertz CT molecular complexity index is 6440. The van der Waals surface area contributed by atoms with E-state index in [1.54, 1.807) is 0 Å². The second kappa shape index (κ2) is 18.0. The predicted octanol–water partition coefficient (Wildman–Crippen LogP) is 21.6. The van der Waals surface area contributed by atoms with E-state index < -0.39 is 0 Å². The highest BCUT2D eigenvalue weighted by molar-refractivity contribution is 7.27. The highest BCUT2D eigenvalue weighted by Crippen LogP contribution is 2.50. The predicted molar refractivity (Wildman–Crippen MR) is 368 cm³/mol. The molecule has 0 aliphatic carbocycles. The molecule has 0 saturated heterocycles. The molecule has 0 amide bonds. The Morgan fingerprint density at radius 3 is 1.53 bits per heavy atom. The van der Waals surface area contributed by atoms with Gasteiger partial charge in [0, 0.05) is 80.5 Å². The fourth-order valence-corrected chi connectivity index (χ4v) is 16.0. The first-order valence-corrected chi connectivity index (χ1v) is 30.6. The van der Waals surface area contributed by atoms with Crippen LogP contribution in [0.25, 0.3) is 196 Å². The largest absolute Gasteiger partial charge is 0.454 e. The van der Waals surface area contributed by atoms with Gasteiger partial charge in [0.05, 0.1) is 43.7 Å². The first-order valence-electron chi connectivity index (χ1n) is 29.8. The zero-order chi connectivity index (χ0) is 57.3. The lowest BCUT2D eigenvalue weighted by atomic mass is 9.92. The van der Waals surface area contributed by atoms with Gasteiger partial charge in [-0.25, -0.2) is 19.9 Å². The van der Waals surface area contributed by atoms with E-state index in [0.29, 0.717) is 11.9 Å². The molecule has 14 aromatic carbocycles. The van der Waals surface area contributed by atoms with E-state index >= 15 is 0 Å². The van der Waals surface area contributed by atoms with E-state index in [0.717, 1.165) is 143 Å². The molecule has 20 aromatic rings. The maximum absolute atomic E-state index is 7.21. The van der Waals surface area contributed by atoms with Gasteiger partial charge in [-0.1, -0.05) is 224 Å². The number of hydrogen-bond donors (Lipinski definition) is 0. The summed E-state index contributed by atoms with van der Waals surface area (Å²) < 4.78 is 14.3. The van der Waals surface area contributed by atoms with Crippen molar-refractivity contribution < 1.29 is 4.42 Å². The topological polar surface area (TPSA) is 74.6 Å². The van der Waals surface area contributed by atoms with E-state index in [1.807, 2.05) is 11.3 Å². The maximum atomic E-state index is 7.21. The second-order valence-electron chi connectivity index (χ2n) is 23.1. The van der Waals surface area contributed by atoms with Crippen LogP contribution in [0.3, 0.4) is 0 Å². The van der Waals surface area contributed by atoms with Gasteiger partial charge in [0.2, 0.25) is 11.9 Å². The summed E-state index contributed by atoms with van der Waals surface area (Å²) in [5.41, 5.74) is 13.5. The van der Waals surface area contributed by atoms with Gasteiger partial charge in [0.1, 0.15) is 11.1 Å². The third-order valence-corrected chi connectivity index (χ3v) is 19.7. The molecule has 6 heterocycles. The van der Waals surface area contributed by atoms with Gasteiger partial charge in [-0.2, -0.15) is 0 Å². The Morgan fingerprint density at radius 1 is 0.307 bits per heavy atom. The maximum Gasteiger partial charge on any atom is 0.235 e. The van der Waals surface area contributed by atoms with Crippen LogP contribution in [-0.2, 0) is 0 Å². The first kappa shape index (κ1) is 47.7. The average Bonchev–Trinajstić information content (AvgIpc) is 1.64. The van der Waals surface area contributed by atoms with E-state index in [2.05, 4.69) is 276 Å². The summed E-state index contributed by atoms with van der Waals surface area (Å²) in [6, 6.07) is 95.7. The van der Waals surface area contributed by atoms with Gasteiger partial charge < -0.3 is 4.42 Å². The molecule has 0 N–H and O–H groups in total. The molecule has 0 aliphatic heterocycles. The molecule has 0 spiro atoms. The molecular formula is C80H44N6OS. The standard InChI is InChI=1S/C80H44N6OS/c1-3-21-46(22-4-1)71-60-41-38-45-20-7-8-25-50(45)73(60)83-79(81-71)85-63-34-15-11-28-56(63)67-54-40-39-48(44-62(54)69-58-30-13-17-36-65(58)87-77(69)75(67)85)49-32-19-33-55-51(49)42-43-61-72(47-23-5-2-6-24-47)82-80(84-74(55)61)86-64-35-16-12-29-57(64)68-52-26-9-10-27-53(52)70-59-31-14-18-37-66(59)88-78(70)76(68)86/h1-44H. The molecule has 7 nitrogen and oxygen atoms in total. The van der Waals surface area contributed by atoms with Crippen molar-refractivity contribution in [2.45, 2.75) is 0 Å². The number of nitrogens with zero attached hydrogens (tertiary/aromatic N) is 6. The zero-order valence-corrected chi connectivity index (χ0v) is 47.7. The quantitative estimate of drug-likeness (QED) is 0.161. The van der Waals surface area contributed by atoms with Gasteiger partial charge in [-0.3, -0.25) is 9.13 Å². The lowest BCUT2D eigenvalue weighted by Gasteiger charge is -2.15. The number of aromatic nitrogens is 6. The van der Waals surface area contributed by atoms with Crippen LogP contribution < -0.4 is 0 Å². The Hall–Kier alpha value is -11.6. The van der Waals surface area contributed by atoms with Crippen LogP contribution in [0, 0.1) is 0 Å². The van der Waals surface area contributed by atoms with Crippen molar-refractivity contribution in [2.75, 3.05) is 0 Å². The summed E-state index contributed by atoms with van der Waals surface area (Å²) in [6.45, 7) is 0. The molecule has 0 saturated carbocycles. The van der Waals surface area contributed by atoms with Crippen LogP contribution in [0.1, 0.15) is 0 Å². The van der Waals surface area contributed by atoms with Crippen molar-refractivity contribution in [3.05, 3.63) is 267 Å². The molecule has 0 radical (unpaired) electrons. The number of rotatable bonds is 5.